The van der Waals surface area contributed by atoms with E-state index in [1.165, 1.54) is 12.7 Å². The molecule has 0 radical (unpaired) electrons. The molecule has 1 aliphatic rings. The fourth-order valence-corrected chi connectivity index (χ4v) is 1.73. The topological polar surface area (TPSA) is 93.0 Å². The van der Waals surface area contributed by atoms with Gasteiger partial charge in [0.25, 0.3) is 5.56 Å². The van der Waals surface area contributed by atoms with E-state index in [1.54, 1.807) is 0 Å². The zero-order chi connectivity index (χ0) is 11.4. The summed E-state index contributed by atoms with van der Waals surface area (Å²) in [6.07, 6.45) is 4.87. The Morgan fingerprint density at radius 2 is 2.50 bits per heavy atom. The van der Waals surface area contributed by atoms with Crippen LogP contribution >= 0.6 is 0 Å². The predicted octanol–water partition coefficient (Wildman–Crippen LogP) is 0.333. The minimum Gasteiger partial charge on any atom is -0.391 e. The molecule has 1 aromatic heterocycles. The molecule has 1 saturated heterocycles. The first-order valence-corrected chi connectivity index (χ1v) is 5.46. The van der Waals surface area contributed by atoms with Gasteiger partial charge in [0, 0.05) is 13.2 Å². The van der Waals surface area contributed by atoms with E-state index >= 15 is 0 Å². The van der Waals surface area contributed by atoms with Crippen LogP contribution in [0.1, 0.15) is 19.3 Å². The Bertz CT molecular complexity index is 398. The number of hydrogen-bond acceptors (Lipinski definition) is 5. The summed E-state index contributed by atoms with van der Waals surface area (Å²) in [6.45, 7) is 1.45. The van der Waals surface area contributed by atoms with Crippen molar-refractivity contribution in [1.82, 2.24) is 9.97 Å². The number of aromatic amines is 1. The lowest BCUT2D eigenvalue weighted by atomic mass is 10.1. The standard InChI is InChI=1S/C10H16N4O2/c11-8-9(13-6-14-10(8)15)12-5-7-3-1-2-4-16-7/h6-7H,1-5,11H2,(H2,12,13,14,15). The Morgan fingerprint density at radius 3 is 3.25 bits per heavy atom. The smallest absolute Gasteiger partial charge is 0.276 e. The van der Waals surface area contributed by atoms with Crippen LogP contribution in [0.5, 0.6) is 0 Å². The zero-order valence-corrected chi connectivity index (χ0v) is 9.03. The zero-order valence-electron chi connectivity index (χ0n) is 9.03. The number of H-pyrrole nitrogens is 1. The van der Waals surface area contributed by atoms with Crippen LogP contribution in [-0.2, 0) is 4.74 Å². The Morgan fingerprint density at radius 1 is 1.62 bits per heavy atom. The Labute approximate surface area is 93.2 Å². The second-order valence-corrected chi connectivity index (χ2v) is 3.86. The van der Waals surface area contributed by atoms with Crippen molar-refractivity contribution in [3.63, 3.8) is 0 Å². The van der Waals surface area contributed by atoms with Crippen LogP contribution in [0.4, 0.5) is 11.5 Å². The molecule has 1 atom stereocenters. The van der Waals surface area contributed by atoms with E-state index in [-0.39, 0.29) is 17.4 Å². The molecule has 1 aliphatic heterocycles. The van der Waals surface area contributed by atoms with Gasteiger partial charge in [0.05, 0.1) is 12.4 Å². The lowest BCUT2D eigenvalue weighted by Gasteiger charge is -2.23. The number of nitrogens with one attached hydrogen (secondary N) is 2. The normalized spacial score (nSPS) is 20.6. The molecule has 0 aliphatic carbocycles. The molecule has 88 valence electrons. The fraction of sp³-hybridized carbons (Fsp3) is 0.600. The molecule has 16 heavy (non-hydrogen) atoms. The van der Waals surface area contributed by atoms with Crippen molar-refractivity contribution in [2.45, 2.75) is 25.4 Å². The van der Waals surface area contributed by atoms with Crippen LogP contribution in [0, 0.1) is 0 Å². The van der Waals surface area contributed by atoms with Crippen molar-refractivity contribution in [3.8, 4) is 0 Å². The summed E-state index contributed by atoms with van der Waals surface area (Å²) in [5, 5.41) is 3.04. The molecule has 0 spiro atoms. The molecule has 6 nitrogen and oxygen atoms in total. The first kappa shape index (κ1) is 10.9. The van der Waals surface area contributed by atoms with Crippen LogP contribution in [0.25, 0.3) is 0 Å². The SMILES string of the molecule is Nc1c(NCC2CCCCO2)nc[nH]c1=O. The first-order chi connectivity index (χ1) is 7.77. The van der Waals surface area contributed by atoms with Gasteiger partial charge in [-0.3, -0.25) is 4.79 Å². The summed E-state index contributed by atoms with van der Waals surface area (Å²) in [6, 6.07) is 0. The van der Waals surface area contributed by atoms with Gasteiger partial charge >= 0.3 is 0 Å². The van der Waals surface area contributed by atoms with Gasteiger partial charge in [0.2, 0.25) is 0 Å². The maximum absolute atomic E-state index is 11.2. The van der Waals surface area contributed by atoms with Crippen LogP contribution in [0.3, 0.4) is 0 Å². The fourth-order valence-electron chi connectivity index (χ4n) is 1.73. The van der Waals surface area contributed by atoms with E-state index in [4.69, 9.17) is 10.5 Å². The average Bonchev–Trinajstić information content (AvgIpc) is 2.32. The average molecular weight is 224 g/mol. The molecule has 0 amide bonds. The van der Waals surface area contributed by atoms with Crippen molar-refractivity contribution in [1.29, 1.82) is 0 Å². The van der Waals surface area contributed by atoms with Crippen molar-refractivity contribution in [2.24, 2.45) is 0 Å². The molecular formula is C10H16N4O2. The van der Waals surface area contributed by atoms with E-state index in [2.05, 4.69) is 15.3 Å². The van der Waals surface area contributed by atoms with Crippen LogP contribution in [0.15, 0.2) is 11.1 Å². The van der Waals surface area contributed by atoms with Gasteiger partial charge in [-0.1, -0.05) is 0 Å². The maximum atomic E-state index is 11.2. The van der Waals surface area contributed by atoms with Gasteiger partial charge in [-0.15, -0.1) is 0 Å². The molecule has 4 N–H and O–H groups in total. The van der Waals surface area contributed by atoms with Crippen LogP contribution in [0.2, 0.25) is 0 Å². The van der Waals surface area contributed by atoms with Gasteiger partial charge in [-0.05, 0) is 19.3 Å². The van der Waals surface area contributed by atoms with Gasteiger partial charge < -0.3 is 20.8 Å². The Hall–Kier alpha value is -1.56. The lowest BCUT2D eigenvalue weighted by molar-refractivity contribution is 0.0247. The minimum absolute atomic E-state index is 0.123. The molecular weight excluding hydrogens is 208 g/mol. The van der Waals surface area contributed by atoms with Gasteiger partial charge in [-0.2, -0.15) is 0 Å². The molecule has 2 heterocycles. The minimum atomic E-state index is -0.318. The summed E-state index contributed by atoms with van der Waals surface area (Å²) in [5.41, 5.74) is 5.39. The largest absolute Gasteiger partial charge is 0.391 e. The number of nitrogens with zero attached hydrogens (tertiary/aromatic N) is 1. The first-order valence-electron chi connectivity index (χ1n) is 5.46. The number of nitrogen functional groups attached to an aromatic ring is 1. The molecule has 0 bridgehead atoms. The molecule has 1 aromatic rings. The van der Waals surface area contributed by atoms with Crippen molar-refractivity contribution < 1.29 is 4.74 Å². The molecule has 2 rings (SSSR count). The van der Waals surface area contributed by atoms with E-state index < -0.39 is 0 Å². The summed E-state index contributed by atoms with van der Waals surface area (Å²) in [5.74, 6) is 0.429. The number of anilines is 2. The van der Waals surface area contributed by atoms with Crippen molar-refractivity contribution >= 4 is 11.5 Å². The quantitative estimate of drug-likeness (QED) is 0.688. The molecule has 0 saturated carbocycles. The molecule has 6 heteroatoms. The Kier molecular flexibility index (Phi) is 3.40. The van der Waals surface area contributed by atoms with Gasteiger partial charge in [0.15, 0.2) is 5.82 Å². The third kappa shape index (κ3) is 2.52. The van der Waals surface area contributed by atoms with Gasteiger partial charge in [-0.25, -0.2) is 4.98 Å². The highest BCUT2D eigenvalue weighted by Gasteiger charge is 2.14. The third-order valence-electron chi connectivity index (χ3n) is 2.66. The second kappa shape index (κ2) is 4.98. The number of rotatable bonds is 3. The van der Waals surface area contributed by atoms with Crippen molar-refractivity contribution in [3.05, 3.63) is 16.7 Å². The second-order valence-electron chi connectivity index (χ2n) is 3.86. The maximum Gasteiger partial charge on any atom is 0.276 e. The number of aromatic nitrogens is 2. The number of hydrogen-bond donors (Lipinski definition) is 3. The van der Waals surface area contributed by atoms with Crippen molar-refractivity contribution in [2.75, 3.05) is 24.2 Å². The highest BCUT2D eigenvalue weighted by atomic mass is 16.5. The predicted molar refractivity (Wildman–Crippen MR) is 61.4 cm³/mol. The van der Waals surface area contributed by atoms with E-state index in [1.807, 2.05) is 0 Å². The van der Waals surface area contributed by atoms with Crippen LogP contribution in [-0.4, -0.2) is 29.2 Å². The van der Waals surface area contributed by atoms with E-state index in [9.17, 15) is 4.79 Å². The highest BCUT2D eigenvalue weighted by Crippen LogP contribution is 2.14. The monoisotopic (exact) mass is 224 g/mol. The summed E-state index contributed by atoms with van der Waals surface area (Å²) in [7, 11) is 0. The molecule has 1 fully saturated rings. The Balaban J connectivity index is 1.93. The van der Waals surface area contributed by atoms with E-state index in [0.29, 0.717) is 12.4 Å². The molecule has 1 unspecified atom stereocenters. The lowest BCUT2D eigenvalue weighted by Crippen LogP contribution is -2.28. The summed E-state index contributed by atoms with van der Waals surface area (Å²) < 4.78 is 5.55. The van der Waals surface area contributed by atoms with Crippen LogP contribution < -0.4 is 16.6 Å². The molecule has 0 aromatic carbocycles. The summed E-state index contributed by atoms with van der Waals surface area (Å²) >= 11 is 0. The van der Waals surface area contributed by atoms with Gasteiger partial charge in [0.1, 0.15) is 5.69 Å². The number of nitrogens with two attached hydrogens (primary N) is 1. The third-order valence-corrected chi connectivity index (χ3v) is 2.66. The number of ether oxygens (including phenoxy) is 1. The highest BCUT2D eigenvalue weighted by molar-refractivity contribution is 5.58. The van der Waals surface area contributed by atoms with E-state index in [0.717, 1.165) is 19.4 Å². The summed E-state index contributed by atoms with van der Waals surface area (Å²) in [4.78, 5) is 17.6.